The molecular weight excluding hydrogens is 423 g/mol. The maximum absolute atomic E-state index is 12.4. The molecule has 2 heterocycles. The van der Waals surface area contributed by atoms with Gasteiger partial charge in [-0.15, -0.1) is 13.2 Å². The average Bonchev–Trinajstić information content (AvgIpc) is 2.70. The number of aromatic nitrogens is 3. The van der Waals surface area contributed by atoms with Crippen molar-refractivity contribution in [1.29, 1.82) is 0 Å². The highest BCUT2D eigenvalue weighted by Gasteiger charge is 2.32. The molecule has 30 heavy (non-hydrogen) atoms. The smallest absolute Gasteiger partial charge is 0.404 e. The first kappa shape index (κ1) is 21.6. The van der Waals surface area contributed by atoms with Gasteiger partial charge in [-0.2, -0.15) is 4.98 Å². The van der Waals surface area contributed by atoms with E-state index < -0.39 is 12.1 Å². The summed E-state index contributed by atoms with van der Waals surface area (Å²) in [4.78, 5) is 12.9. The summed E-state index contributed by atoms with van der Waals surface area (Å²) in [5.41, 5.74) is 1.74. The number of alkyl halides is 3. The van der Waals surface area contributed by atoms with Crippen molar-refractivity contribution in [1.82, 2.24) is 15.0 Å². The third kappa shape index (κ3) is 6.19. The Bertz CT molecular complexity index is 990. The first-order valence-corrected chi connectivity index (χ1v) is 9.18. The Kier molecular flexibility index (Phi) is 6.91. The predicted molar refractivity (Wildman–Crippen MR) is 107 cm³/mol. The number of halogens is 4. The van der Waals surface area contributed by atoms with Crippen molar-refractivity contribution in [3.63, 3.8) is 0 Å². The van der Waals surface area contributed by atoms with Crippen molar-refractivity contribution in [2.75, 3.05) is 23.8 Å². The maximum atomic E-state index is 12.4. The van der Waals surface area contributed by atoms with E-state index in [-0.39, 0.29) is 11.6 Å². The molecule has 0 atom stereocenters. The third-order valence-corrected chi connectivity index (χ3v) is 4.03. The lowest BCUT2D eigenvalue weighted by molar-refractivity contribution is -0.274. The van der Waals surface area contributed by atoms with Crippen LogP contribution in [0.4, 0.5) is 30.6 Å². The number of rotatable bonds is 8. The molecule has 3 N–H and O–H groups in total. The summed E-state index contributed by atoms with van der Waals surface area (Å²) in [5.74, 6) is 0.200. The molecule has 158 valence electrons. The Labute approximate surface area is 174 Å². The molecule has 0 unspecified atom stereocenters. The van der Waals surface area contributed by atoms with E-state index in [2.05, 4.69) is 30.3 Å². The summed E-state index contributed by atoms with van der Waals surface area (Å²) in [6, 6.07) is 9.06. The second-order valence-electron chi connectivity index (χ2n) is 6.03. The van der Waals surface area contributed by atoms with E-state index >= 15 is 0 Å². The zero-order valence-electron chi connectivity index (χ0n) is 15.4. The lowest BCUT2D eigenvalue weighted by atomic mass is 10.2. The van der Waals surface area contributed by atoms with E-state index in [0.29, 0.717) is 36.1 Å². The van der Waals surface area contributed by atoms with E-state index in [1.54, 1.807) is 24.5 Å². The van der Waals surface area contributed by atoms with Crippen LogP contribution in [-0.2, 0) is 0 Å². The molecule has 2 aromatic heterocycles. The van der Waals surface area contributed by atoms with Gasteiger partial charge in [0.15, 0.2) is 0 Å². The van der Waals surface area contributed by atoms with Gasteiger partial charge in [0.2, 0.25) is 5.95 Å². The minimum atomic E-state index is -4.83. The Balaban J connectivity index is 1.87. The predicted octanol–water partition coefficient (Wildman–Crippen LogP) is 4.63. The van der Waals surface area contributed by atoms with Crippen LogP contribution in [0, 0.1) is 0 Å². The van der Waals surface area contributed by atoms with Crippen molar-refractivity contribution in [2.45, 2.75) is 12.8 Å². The van der Waals surface area contributed by atoms with Crippen LogP contribution in [0.15, 0.2) is 48.8 Å². The minimum absolute atomic E-state index is 0.0191. The molecule has 0 radical (unpaired) electrons. The van der Waals surface area contributed by atoms with E-state index in [9.17, 15) is 13.2 Å². The number of anilines is 3. The Hall–Kier alpha value is -3.11. The number of hydrogen-bond donors (Lipinski definition) is 3. The number of ether oxygens (including phenoxy) is 1. The SMILES string of the molecule is OCCCNc1nc(Nc2ccc(OC(F)(F)F)c(Cl)c2)cc(-c2cccnc2)n1. The van der Waals surface area contributed by atoms with Crippen LogP contribution in [-0.4, -0.2) is 39.6 Å². The summed E-state index contributed by atoms with van der Waals surface area (Å²) >= 11 is 5.90. The Morgan fingerprint density at radius 3 is 2.63 bits per heavy atom. The largest absolute Gasteiger partial charge is 0.573 e. The first-order valence-electron chi connectivity index (χ1n) is 8.80. The molecule has 1 aromatic carbocycles. The molecule has 0 aliphatic carbocycles. The maximum Gasteiger partial charge on any atom is 0.573 e. The minimum Gasteiger partial charge on any atom is -0.404 e. The molecule has 0 aliphatic rings. The van der Waals surface area contributed by atoms with Gasteiger partial charge in [-0.05, 0) is 36.8 Å². The van der Waals surface area contributed by atoms with Crippen LogP contribution >= 0.6 is 11.6 Å². The summed E-state index contributed by atoms with van der Waals surface area (Å²) in [6.07, 6.45) is -1.04. The van der Waals surface area contributed by atoms with Gasteiger partial charge in [0.25, 0.3) is 0 Å². The molecule has 0 fully saturated rings. The Morgan fingerprint density at radius 1 is 1.13 bits per heavy atom. The summed E-state index contributed by atoms with van der Waals surface area (Å²) < 4.78 is 41.1. The molecule has 11 heteroatoms. The number of pyridine rings is 1. The van der Waals surface area contributed by atoms with Gasteiger partial charge in [0, 0.05) is 42.9 Å². The first-order chi connectivity index (χ1) is 14.3. The van der Waals surface area contributed by atoms with E-state index in [1.807, 2.05) is 6.07 Å². The highest BCUT2D eigenvalue weighted by molar-refractivity contribution is 6.32. The quantitative estimate of drug-likeness (QED) is 0.441. The number of nitrogens with one attached hydrogen (secondary N) is 2. The molecule has 0 aliphatic heterocycles. The number of benzene rings is 1. The van der Waals surface area contributed by atoms with Crippen LogP contribution in [0.25, 0.3) is 11.3 Å². The second kappa shape index (κ2) is 9.59. The lowest BCUT2D eigenvalue weighted by Crippen LogP contribution is -2.17. The molecular formula is C19H17ClF3N5O2. The monoisotopic (exact) mass is 439 g/mol. The second-order valence-corrected chi connectivity index (χ2v) is 6.43. The highest BCUT2D eigenvalue weighted by Crippen LogP contribution is 2.33. The average molecular weight is 440 g/mol. The molecule has 7 nitrogen and oxygen atoms in total. The van der Waals surface area contributed by atoms with Gasteiger partial charge in [-0.25, -0.2) is 4.98 Å². The molecule has 0 saturated heterocycles. The topological polar surface area (TPSA) is 92.2 Å². The number of nitrogens with zero attached hydrogens (tertiary/aromatic N) is 3. The molecule has 3 rings (SSSR count). The van der Waals surface area contributed by atoms with Crippen LogP contribution in [0.3, 0.4) is 0 Å². The number of hydrogen-bond acceptors (Lipinski definition) is 7. The van der Waals surface area contributed by atoms with Gasteiger partial charge in [0.05, 0.1) is 10.7 Å². The summed E-state index contributed by atoms with van der Waals surface area (Å²) in [7, 11) is 0. The van der Waals surface area contributed by atoms with E-state index in [0.717, 1.165) is 11.6 Å². The zero-order valence-corrected chi connectivity index (χ0v) is 16.2. The molecule has 0 bridgehead atoms. The van der Waals surface area contributed by atoms with Gasteiger partial charge in [-0.1, -0.05) is 11.6 Å². The molecule has 0 amide bonds. The fourth-order valence-electron chi connectivity index (χ4n) is 2.47. The Morgan fingerprint density at radius 2 is 1.97 bits per heavy atom. The van der Waals surface area contributed by atoms with Crippen LogP contribution in [0.1, 0.15) is 6.42 Å². The van der Waals surface area contributed by atoms with Crippen LogP contribution in [0.2, 0.25) is 5.02 Å². The number of aliphatic hydroxyl groups is 1. The fourth-order valence-corrected chi connectivity index (χ4v) is 2.68. The van der Waals surface area contributed by atoms with Crippen LogP contribution < -0.4 is 15.4 Å². The summed E-state index contributed by atoms with van der Waals surface area (Å²) in [6.45, 7) is 0.479. The van der Waals surface area contributed by atoms with Crippen molar-refractivity contribution in [3.05, 3.63) is 53.8 Å². The van der Waals surface area contributed by atoms with Gasteiger partial charge in [-0.3, -0.25) is 4.98 Å². The lowest BCUT2D eigenvalue weighted by Gasteiger charge is -2.13. The zero-order chi connectivity index (χ0) is 21.6. The third-order valence-electron chi connectivity index (χ3n) is 3.73. The van der Waals surface area contributed by atoms with Crippen molar-refractivity contribution in [2.24, 2.45) is 0 Å². The summed E-state index contributed by atoms with van der Waals surface area (Å²) in [5, 5.41) is 14.8. The fraction of sp³-hybridized carbons (Fsp3) is 0.211. The highest BCUT2D eigenvalue weighted by atomic mass is 35.5. The number of aliphatic hydroxyl groups excluding tert-OH is 1. The van der Waals surface area contributed by atoms with Crippen molar-refractivity contribution in [3.8, 4) is 17.0 Å². The standard InChI is InChI=1S/C19H17ClF3N5O2/c20-14-9-13(4-5-16(14)30-19(21,22)23)26-17-10-15(12-3-1-6-24-11-12)27-18(28-17)25-7-2-8-29/h1,3-6,9-11,29H,2,7-8H2,(H2,25,26,27,28). The van der Waals surface area contributed by atoms with E-state index in [4.69, 9.17) is 16.7 Å². The van der Waals surface area contributed by atoms with Crippen LogP contribution in [0.5, 0.6) is 5.75 Å². The van der Waals surface area contributed by atoms with E-state index in [1.165, 1.54) is 12.1 Å². The van der Waals surface area contributed by atoms with Crippen molar-refractivity contribution < 1.29 is 23.0 Å². The van der Waals surface area contributed by atoms with Crippen molar-refractivity contribution >= 4 is 29.1 Å². The van der Waals surface area contributed by atoms with Gasteiger partial charge >= 0.3 is 6.36 Å². The molecule has 0 saturated carbocycles. The normalized spacial score (nSPS) is 11.2. The molecule has 0 spiro atoms. The molecule has 3 aromatic rings. The van der Waals surface area contributed by atoms with Gasteiger partial charge in [0.1, 0.15) is 11.6 Å². The van der Waals surface area contributed by atoms with Gasteiger partial charge < -0.3 is 20.5 Å².